The normalized spacial score (nSPS) is 10.7. The topological polar surface area (TPSA) is 29.5 Å². The Hall–Kier alpha value is -0.0900. The summed E-state index contributed by atoms with van der Waals surface area (Å²) in [5.41, 5.74) is 0. The molecule has 0 aliphatic rings. The van der Waals surface area contributed by atoms with Crippen molar-refractivity contribution in [2.75, 3.05) is 25.0 Å². The highest BCUT2D eigenvalue weighted by atomic mass is 79.9. The molecule has 0 aromatic carbocycles. The van der Waals surface area contributed by atoms with Gasteiger partial charge >= 0.3 is 0 Å². The van der Waals surface area contributed by atoms with Crippen LogP contribution in [0.4, 0.5) is 0 Å². The van der Waals surface area contributed by atoms with Crippen molar-refractivity contribution in [1.29, 1.82) is 0 Å². The predicted molar refractivity (Wildman–Crippen MR) is 66.4 cm³/mol. The number of ether oxygens (including phenoxy) is 1. The van der Waals surface area contributed by atoms with Gasteiger partial charge in [0.25, 0.3) is 0 Å². The number of rotatable bonds is 8. The summed E-state index contributed by atoms with van der Waals surface area (Å²) >= 11 is 3.36. The maximum absolute atomic E-state index is 11.7. The number of carbonyl (C=O) groups excluding carboxylic acids is 1. The van der Waals surface area contributed by atoms with Crippen LogP contribution in [0.1, 0.15) is 33.6 Å². The van der Waals surface area contributed by atoms with E-state index in [0.717, 1.165) is 31.3 Å². The van der Waals surface area contributed by atoms with Crippen LogP contribution >= 0.6 is 15.9 Å². The first-order chi connectivity index (χ1) is 7.11. The van der Waals surface area contributed by atoms with Gasteiger partial charge in [-0.3, -0.25) is 4.79 Å². The monoisotopic (exact) mass is 279 g/mol. The van der Waals surface area contributed by atoms with Crippen LogP contribution in [0.3, 0.4) is 0 Å². The lowest BCUT2D eigenvalue weighted by molar-refractivity contribution is -0.137. The first kappa shape index (κ1) is 14.9. The van der Waals surface area contributed by atoms with E-state index >= 15 is 0 Å². The molecule has 0 heterocycles. The molecule has 0 radical (unpaired) electrons. The van der Waals surface area contributed by atoms with E-state index in [1.165, 1.54) is 0 Å². The highest BCUT2D eigenvalue weighted by Crippen LogP contribution is 1.99. The van der Waals surface area contributed by atoms with E-state index in [0.29, 0.717) is 0 Å². The molecule has 15 heavy (non-hydrogen) atoms. The van der Waals surface area contributed by atoms with Gasteiger partial charge in [0.2, 0.25) is 5.91 Å². The summed E-state index contributed by atoms with van der Waals surface area (Å²) in [5.74, 6) is 0.0941. The van der Waals surface area contributed by atoms with E-state index in [-0.39, 0.29) is 18.6 Å². The van der Waals surface area contributed by atoms with E-state index in [9.17, 15) is 4.79 Å². The summed E-state index contributed by atoms with van der Waals surface area (Å²) < 4.78 is 5.30. The van der Waals surface area contributed by atoms with Gasteiger partial charge in [-0.15, -0.1) is 0 Å². The molecule has 0 aromatic rings. The van der Waals surface area contributed by atoms with Crippen molar-refractivity contribution in [3.05, 3.63) is 0 Å². The zero-order chi connectivity index (χ0) is 11.7. The minimum absolute atomic E-state index is 0.0941. The number of unbranched alkanes of at least 4 members (excludes halogenated alkanes) is 1. The Bertz CT molecular complexity index is 174. The Kier molecular flexibility index (Phi) is 9.10. The highest BCUT2D eigenvalue weighted by Gasteiger charge is 2.12. The van der Waals surface area contributed by atoms with Gasteiger partial charge in [-0.2, -0.15) is 0 Å². The van der Waals surface area contributed by atoms with Crippen molar-refractivity contribution in [3.63, 3.8) is 0 Å². The van der Waals surface area contributed by atoms with Crippen molar-refractivity contribution >= 4 is 21.8 Å². The first-order valence-corrected chi connectivity index (χ1v) is 6.69. The summed E-state index contributed by atoms with van der Waals surface area (Å²) in [6.07, 6.45) is 2.28. The molecule has 1 amide bonds. The fourth-order valence-corrected chi connectivity index (χ4v) is 1.57. The maximum Gasteiger partial charge on any atom is 0.248 e. The van der Waals surface area contributed by atoms with Crippen molar-refractivity contribution in [3.8, 4) is 0 Å². The summed E-state index contributed by atoms with van der Waals surface area (Å²) in [4.78, 5) is 13.6. The third-order valence-corrected chi connectivity index (χ3v) is 2.38. The number of amides is 1. The Labute approximate surface area is 101 Å². The average molecular weight is 280 g/mol. The number of nitrogens with zero attached hydrogens (tertiary/aromatic N) is 1. The molecule has 0 unspecified atom stereocenters. The highest BCUT2D eigenvalue weighted by molar-refractivity contribution is 9.09. The van der Waals surface area contributed by atoms with Gasteiger partial charge in [0.05, 0.1) is 6.10 Å². The molecular weight excluding hydrogens is 258 g/mol. The van der Waals surface area contributed by atoms with E-state index in [4.69, 9.17) is 4.74 Å². The van der Waals surface area contributed by atoms with Crippen LogP contribution in [0, 0.1) is 0 Å². The van der Waals surface area contributed by atoms with Crippen LogP contribution in [0.15, 0.2) is 0 Å². The summed E-state index contributed by atoms with van der Waals surface area (Å²) in [5, 5.41) is 0.824. The third kappa shape index (κ3) is 7.79. The molecule has 0 atom stereocenters. The molecule has 90 valence electrons. The lowest BCUT2D eigenvalue weighted by atomic mass is 10.3. The Balaban J connectivity index is 3.92. The Morgan fingerprint density at radius 3 is 2.53 bits per heavy atom. The van der Waals surface area contributed by atoms with E-state index in [1.54, 1.807) is 0 Å². The molecule has 0 saturated carbocycles. The SMILES string of the molecule is CCCCN(CCBr)C(=O)COC(C)C. The molecular formula is C11H22BrNO2. The zero-order valence-electron chi connectivity index (χ0n) is 9.96. The minimum Gasteiger partial charge on any atom is -0.369 e. The molecule has 0 saturated heterocycles. The van der Waals surface area contributed by atoms with Gasteiger partial charge in [-0.1, -0.05) is 29.3 Å². The second-order valence-corrected chi connectivity index (χ2v) is 4.58. The summed E-state index contributed by atoms with van der Waals surface area (Å²) in [6, 6.07) is 0. The number of alkyl halides is 1. The zero-order valence-corrected chi connectivity index (χ0v) is 11.5. The number of halogens is 1. The lowest BCUT2D eigenvalue weighted by Gasteiger charge is -2.22. The fraction of sp³-hybridized carbons (Fsp3) is 0.909. The second-order valence-electron chi connectivity index (χ2n) is 3.78. The molecule has 0 fully saturated rings. The molecule has 0 aliphatic heterocycles. The van der Waals surface area contributed by atoms with E-state index in [1.807, 2.05) is 18.7 Å². The Morgan fingerprint density at radius 1 is 1.40 bits per heavy atom. The first-order valence-electron chi connectivity index (χ1n) is 5.57. The van der Waals surface area contributed by atoms with Crippen LogP contribution in [0.5, 0.6) is 0 Å². The van der Waals surface area contributed by atoms with Gasteiger partial charge in [-0.25, -0.2) is 0 Å². The van der Waals surface area contributed by atoms with Gasteiger partial charge < -0.3 is 9.64 Å². The average Bonchev–Trinajstić information content (AvgIpc) is 2.20. The van der Waals surface area contributed by atoms with Gasteiger partial charge in [0.15, 0.2) is 0 Å². The predicted octanol–water partition coefficient (Wildman–Crippen LogP) is 2.44. The molecule has 0 rings (SSSR count). The van der Waals surface area contributed by atoms with Crippen LogP contribution < -0.4 is 0 Å². The third-order valence-electron chi connectivity index (χ3n) is 2.03. The summed E-state index contributed by atoms with van der Waals surface area (Å²) in [6.45, 7) is 7.81. The maximum atomic E-state index is 11.7. The van der Waals surface area contributed by atoms with Crippen molar-refractivity contribution in [1.82, 2.24) is 4.90 Å². The van der Waals surface area contributed by atoms with Crippen molar-refractivity contribution < 1.29 is 9.53 Å². The van der Waals surface area contributed by atoms with Gasteiger partial charge in [0.1, 0.15) is 6.61 Å². The number of carbonyl (C=O) groups is 1. The molecule has 3 nitrogen and oxygen atoms in total. The molecule has 0 aromatic heterocycles. The van der Waals surface area contributed by atoms with Crippen LogP contribution in [-0.2, 0) is 9.53 Å². The fourth-order valence-electron chi connectivity index (χ4n) is 1.14. The minimum atomic E-state index is 0.0941. The van der Waals surface area contributed by atoms with E-state index in [2.05, 4.69) is 22.9 Å². The standard InChI is InChI=1S/C11H22BrNO2/c1-4-5-7-13(8-6-12)11(14)9-15-10(2)3/h10H,4-9H2,1-3H3. The van der Waals surface area contributed by atoms with Crippen LogP contribution in [0.25, 0.3) is 0 Å². The largest absolute Gasteiger partial charge is 0.369 e. The van der Waals surface area contributed by atoms with E-state index < -0.39 is 0 Å². The van der Waals surface area contributed by atoms with Crippen LogP contribution in [-0.4, -0.2) is 41.9 Å². The molecule has 4 heteroatoms. The van der Waals surface area contributed by atoms with Gasteiger partial charge in [0, 0.05) is 18.4 Å². The molecule has 0 spiro atoms. The van der Waals surface area contributed by atoms with Crippen molar-refractivity contribution in [2.45, 2.75) is 39.7 Å². The quantitative estimate of drug-likeness (QED) is 0.639. The van der Waals surface area contributed by atoms with Crippen molar-refractivity contribution in [2.24, 2.45) is 0 Å². The Morgan fingerprint density at radius 2 is 2.07 bits per heavy atom. The second kappa shape index (κ2) is 9.16. The van der Waals surface area contributed by atoms with Crippen LogP contribution in [0.2, 0.25) is 0 Å². The smallest absolute Gasteiger partial charge is 0.248 e. The number of hydrogen-bond acceptors (Lipinski definition) is 2. The molecule has 0 bridgehead atoms. The number of hydrogen-bond donors (Lipinski definition) is 0. The summed E-state index contributed by atoms with van der Waals surface area (Å²) in [7, 11) is 0. The lowest BCUT2D eigenvalue weighted by Crippen LogP contribution is -2.36. The molecule has 0 N–H and O–H groups in total. The molecule has 0 aliphatic carbocycles. The van der Waals surface area contributed by atoms with Gasteiger partial charge in [-0.05, 0) is 20.3 Å².